The third-order valence-corrected chi connectivity index (χ3v) is 5.67. The first kappa shape index (κ1) is 21.7. The van der Waals surface area contributed by atoms with E-state index >= 15 is 0 Å². The molecule has 2 aromatic carbocycles. The van der Waals surface area contributed by atoms with Crippen molar-refractivity contribution in [3.63, 3.8) is 0 Å². The SMILES string of the molecule is COc1ccc(OCCCOc2ccc(C=C3C(=N)N4C=C(C)SC4=NC3=O)cc2)cc1. The number of hydrogen-bond acceptors (Lipinski definition) is 6. The van der Waals surface area contributed by atoms with E-state index in [1.807, 2.05) is 61.7 Å². The fourth-order valence-electron chi connectivity index (χ4n) is 3.14. The summed E-state index contributed by atoms with van der Waals surface area (Å²) in [5, 5.41) is 8.89. The summed E-state index contributed by atoms with van der Waals surface area (Å²) in [5.41, 5.74) is 1.07. The van der Waals surface area contributed by atoms with Gasteiger partial charge in [0.2, 0.25) is 0 Å². The maximum Gasteiger partial charge on any atom is 0.283 e. The molecule has 32 heavy (non-hydrogen) atoms. The van der Waals surface area contributed by atoms with E-state index in [0.29, 0.717) is 18.4 Å². The molecule has 4 rings (SSSR count). The minimum Gasteiger partial charge on any atom is -0.497 e. The minimum atomic E-state index is -0.394. The molecule has 7 nitrogen and oxygen atoms in total. The number of rotatable bonds is 8. The zero-order valence-electron chi connectivity index (χ0n) is 17.8. The van der Waals surface area contributed by atoms with Crippen LogP contribution in [0.4, 0.5) is 0 Å². The largest absolute Gasteiger partial charge is 0.497 e. The topological polar surface area (TPSA) is 84.2 Å². The predicted octanol–water partition coefficient (Wildman–Crippen LogP) is 4.71. The number of carbonyl (C=O) groups is 1. The lowest BCUT2D eigenvalue weighted by Crippen LogP contribution is -2.35. The molecule has 8 heteroatoms. The fraction of sp³-hybridized carbons (Fsp3) is 0.208. The van der Waals surface area contributed by atoms with Crippen LogP contribution in [0.2, 0.25) is 0 Å². The summed E-state index contributed by atoms with van der Waals surface area (Å²) >= 11 is 1.40. The minimum absolute atomic E-state index is 0.140. The highest BCUT2D eigenvalue weighted by Crippen LogP contribution is 2.32. The van der Waals surface area contributed by atoms with E-state index in [9.17, 15) is 4.79 Å². The van der Waals surface area contributed by atoms with Gasteiger partial charge in [-0.3, -0.25) is 15.1 Å². The third kappa shape index (κ3) is 5.03. The normalized spacial score (nSPS) is 16.6. The van der Waals surface area contributed by atoms with Crippen molar-refractivity contribution in [2.45, 2.75) is 13.3 Å². The Balaban J connectivity index is 1.28. The summed E-state index contributed by atoms with van der Waals surface area (Å²) in [5.74, 6) is 2.07. The van der Waals surface area contributed by atoms with Gasteiger partial charge in [0.05, 0.1) is 25.9 Å². The van der Waals surface area contributed by atoms with Crippen molar-refractivity contribution in [2.24, 2.45) is 4.99 Å². The number of fused-ring (bicyclic) bond motifs is 1. The Labute approximate surface area is 190 Å². The van der Waals surface area contributed by atoms with Gasteiger partial charge in [-0.15, -0.1) is 0 Å². The summed E-state index contributed by atoms with van der Waals surface area (Å²) in [6, 6.07) is 14.9. The molecule has 0 fully saturated rings. The number of carbonyl (C=O) groups excluding carboxylic acids is 1. The molecular formula is C24H23N3O4S. The third-order valence-electron chi connectivity index (χ3n) is 4.77. The van der Waals surface area contributed by atoms with Gasteiger partial charge in [-0.2, -0.15) is 4.99 Å². The molecular weight excluding hydrogens is 426 g/mol. The van der Waals surface area contributed by atoms with Crippen molar-refractivity contribution in [1.82, 2.24) is 4.90 Å². The first-order valence-electron chi connectivity index (χ1n) is 10.1. The number of amides is 1. The molecule has 0 aliphatic carbocycles. The second kappa shape index (κ2) is 9.74. The number of hydrogen-bond donors (Lipinski definition) is 1. The average Bonchev–Trinajstić information content (AvgIpc) is 3.18. The molecule has 1 N–H and O–H groups in total. The van der Waals surface area contributed by atoms with Gasteiger partial charge >= 0.3 is 0 Å². The number of amidine groups is 2. The molecule has 0 radical (unpaired) electrons. The van der Waals surface area contributed by atoms with Crippen LogP contribution in [-0.4, -0.2) is 42.1 Å². The Kier molecular flexibility index (Phi) is 6.61. The molecule has 2 aliphatic heterocycles. The molecule has 0 unspecified atom stereocenters. The lowest BCUT2D eigenvalue weighted by atomic mass is 10.1. The molecule has 2 aliphatic rings. The number of allylic oxidation sites excluding steroid dienone is 1. The first-order chi connectivity index (χ1) is 15.5. The highest BCUT2D eigenvalue weighted by Gasteiger charge is 2.32. The molecule has 0 bridgehead atoms. The number of benzene rings is 2. The number of thioether (sulfide) groups is 1. The number of nitrogens with one attached hydrogen (secondary N) is 1. The van der Waals surface area contributed by atoms with E-state index in [2.05, 4.69) is 4.99 Å². The summed E-state index contributed by atoms with van der Waals surface area (Å²) in [6.07, 6.45) is 4.25. The molecule has 0 saturated heterocycles. The molecule has 2 aromatic rings. The quantitative estimate of drug-likeness (QED) is 0.464. The smallest absolute Gasteiger partial charge is 0.283 e. The van der Waals surface area contributed by atoms with Gasteiger partial charge in [0, 0.05) is 17.5 Å². The Morgan fingerprint density at radius 2 is 1.59 bits per heavy atom. The highest BCUT2D eigenvalue weighted by molar-refractivity contribution is 8.17. The van der Waals surface area contributed by atoms with Gasteiger partial charge in [-0.25, -0.2) is 0 Å². The Morgan fingerprint density at radius 1 is 1.00 bits per heavy atom. The van der Waals surface area contributed by atoms with Crippen LogP contribution in [-0.2, 0) is 4.79 Å². The van der Waals surface area contributed by atoms with Crippen LogP contribution in [0.3, 0.4) is 0 Å². The van der Waals surface area contributed by atoms with Gasteiger partial charge in [0.25, 0.3) is 5.91 Å². The zero-order valence-corrected chi connectivity index (χ0v) is 18.6. The van der Waals surface area contributed by atoms with Crippen LogP contribution in [0.1, 0.15) is 18.9 Å². The van der Waals surface area contributed by atoms with Crippen molar-refractivity contribution >= 4 is 34.7 Å². The van der Waals surface area contributed by atoms with Crippen molar-refractivity contribution < 1.29 is 19.0 Å². The van der Waals surface area contributed by atoms with Crippen LogP contribution in [0.25, 0.3) is 6.08 Å². The van der Waals surface area contributed by atoms with E-state index in [1.54, 1.807) is 18.1 Å². The number of methoxy groups -OCH3 is 1. The van der Waals surface area contributed by atoms with Crippen LogP contribution in [0.5, 0.6) is 17.2 Å². The number of nitrogens with zero attached hydrogens (tertiary/aromatic N) is 2. The highest BCUT2D eigenvalue weighted by atomic mass is 32.2. The van der Waals surface area contributed by atoms with Gasteiger partial charge in [-0.05, 0) is 55.0 Å². The van der Waals surface area contributed by atoms with E-state index in [1.165, 1.54) is 11.8 Å². The lowest BCUT2D eigenvalue weighted by molar-refractivity contribution is -0.114. The monoisotopic (exact) mass is 449 g/mol. The second-order valence-electron chi connectivity index (χ2n) is 7.11. The van der Waals surface area contributed by atoms with Gasteiger partial charge in [0.1, 0.15) is 23.1 Å². The summed E-state index contributed by atoms with van der Waals surface area (Å²) in [4.78, 5) is 19.1. The zero-order chi connectivity index (χ0) is 22.5. The van der Waals surface area contributed by atoms with Crippen molar-refractivity contribution in [3.05, 3.63) is 70.8 Å². The van der Waals surface area contributed by atoms with Crippen molar-refractivity contribution in [1.29, 1.82) is 5.41 Å². The van der Waals surface area contributed by atoms with E-state index in [4.69, 9.17) is 19.6 Å². The molecule has 164 valence electrons. The maximum absolute atomic E-state index is 12.4. The Bertz CT molecular complexity index is 1110. The number of aliphatic imine (C=N–C) groups is 1. The predicted molar refractivity (Wildman–Crippen MR) is 126 cm³/mol. The Morgan fingerprint density at radius 3 is 2.22 bits per heavy atom. The van der Waals surface area contributed by atoms with E-state index in [0.717, 1.165) is 34.1 Å². The van der Waals surface area contributed by atoms with E-state index < -0.39 is 5.91 Å². The van der Waals surface area contributed by atoms with Gasteiger partial charge in [0.15, 0.2) is 5.17 Å². The van der Waals surface area contributed by atoms with Crippen LogP contribution in [0, 0.1) is 5.41 Å². The summed E-state index contributed by atoms with van der Waals surface area (Å²) < 4.78 is 16.6. The molecule has 0 saturated carbocycles. The van der Waals surface area contributed by atoms with Gasteiger partial charge < -0.3 is 14.2 Å². The van der Waals surface area contributed by atoms with Crippen LogP contribution >= 0.6 is 11.8 Å². The number of ether oxygens (including phenoxy) is 3. The van der Waals surface area contributed by atoms with Crippen molar-refractivity contribution in [2.75, 3.05) is 20.3 Å². The molecule has 1 amide bonds. The molecule has 0 aromatic heterocycles. The Hall–Kier alpha value is -3.52. The summed E-state index contributed by atoms with van der Waals surface area (Å²) in [7, 11) is 1.63. The maximum atomic E-state index is 12.4. The standard InChI is InChI=1S/C24H23N3O4S/c1-16-15-27-22(25)21(23(28)26-24(27)32-16)14-17-4-6-19(7-5-17)30-12-3-13-31-20-10-8-18(29-2)9-11-20/h4-11,14-15,25H,3,12-13H2,1-2H3. The molecule has 2 heterocycles. The van der Waals surface area contributed by atoms with Crippen LogP contribution in [0.15, 0.2) is 70.2 Å². The van der Waals surface area contributed by atoms with Gasteiger partial charge in [-0.1, -0.05) is 23.9 Å². The molecule has 0 atom stereocenters. The second-order valence-corrected chi connectivity index (χ2v) is 8.33. The molecule has 0 spiro atoms. The van der Waals surface area contributed by atoms with E-state index in [-0.39, 0.29) is 11.4 Å². The average molecular weight is 450 g/mol. The van der Waals surface area contributed by atoms with Crippen LogP contribution < -0.4 is 14.2 Å². The fourth-order valence-corrected chi connectivity index (χ4v) is 3.96. The lowest BCUT2D eigenvalue weighted by Gasteiger charge is -2.22. The summed E-state index contributed by atoms with van der Waals surface area (Å²) in [6.45, 7) is 3.00. The first-order valence-corrected chi connectivity index (χ1v) is 10.9. The van der Waals surface area contributed by atoms with Crippen molar-refractivity contribution in [3.8, 4) is 17.2 Å².